The zero-order chi connectivity index (χ0) is 36.2. The highest BCUT2D eigenvalue weighted by atomic mass is 15.1. The van der Waals surface area contributed by atoms with Crippen molar-refractivity contribution in [2.75, 3.05) is 4.90 Å². The van der Waals surface area contributed by atoms with Gasteiger partial charge in [-0.1, -0.05) is 162 Å². The number of hydrogen-bond donors (Lipinski definition) is 0. The molecule has 0 radical (unpaired) electrons. The van der Waals surface area contributed by atoms with Crippen LogP contribution in [-0.2, 0) is 18.3 Å². The third kappa shape index (κ3) is 6.99. The Morgan fingerprint density at radius 3 is 1.57 bits per heavy atom. The predicted molar refractivity (Wildman–Crippen MR) is 228 cm³/mol. The number of rotatable bonds is 15. The number of nitrogens with zero attached hydrogens (tertiary/aromatic N) is 1. The topological polar surface area (TPSA) is 3.24 Å². The second-order valence-corrected chi connectivity index (χ2v) is 15.8. The van der Waals surface area contributed by atoms with E-state index in [1.807, 2.05) is 0 Å². The van der Waals surface area contributed by atoms with Crippen LogP contribution in [0.25, 0.3) is 33.4 Å². The minimum Gasteiger partial charge on any atom is -0.310 e. The Morgan fingerprint density at radius 1 is 0.453 bits per heavy atom. The van der Waals surface area contributed by atoms with Crippen molar-refractivity contribution in [2.45, 2.75) is 103 Å². The summed E-state index contributed by atoms with van der Waals surface area (Å²) in [6, 6.07) is 50.8. The molecular weight excluding hydrogens is 639 g/mol. The first-order chi connectivity index (χ1) is 26.1. The second kappa shape index (κ2) is 15.6. The van der Waals surface area contributed by atoms with E-state index in [9.17, 15) is 0 Å². The third-order valence-electron chi connectivity index (χ3n) is 12.2. The van der Waals surface area contributed by atoms with Gasteiger partial charge in [0.05, 0.1) is 0 Å². The Hall–Kier alpha value is -4.88. The maximum absolute atomic E-state index is 2.58. The molecule has 0 amide bonds. The van der Waals surface area contributed by atoms with Gasteiger partial charge in [0, 0.05) is 22.5 Å². The van der Waals surface area contributed by atoms with Gasteiger partial charge in [0.2, 0.25) is 0 Å². The molecule has 8 rings (SSSR count). The summed E-state index contributed by atoms with van der Waals surface area (Å²) < 4.78 is 0. The second-order valence-electron chi connectivity index (χ2n) is 15.8. The van der Waals surface area contributed by atoms with Crippen molar-refractivity contribution in [3.8, 4) is 33.4 Å². The van der Waals surface area contributed by atoms with Crippen LogP contribution in [-0.4, -0.2) is 0 Å². The number of hydrogen-bond acceptors (Lipinski definition) is 1. The van der Waals surface area contributed by atoms with Gasteiger partial charge < -0.3 is 4.90 Å². The van der Waals surface area contributed by atoms with Crippen LogP contribution in [0, 0.1) is 6.92 Å². The lowest BCUT2D eigenvalue weighted by Gasteiger charge is -2.33. The third-order valence-corrected chi connectivity index (χ3v) is 12.2. The fourth-order valence-electron chi connectivity index (χ4n) is 9.16. The molecule has 268 valence electrons. The maximum atomic E-state index is 2.58. The fourth-order valence-corrected chi connectivity index (χ4v) is 9.16. The van der Waals surface area contributed by atoms with Crippen LogP contribution in [0.2, 0.25) is 0 Å². The molecule has 0 aliphatic heterocycles. The van der Waals surface area contributed by atoms with Crippen LogP contribution in [0.5, 0.6) is 0 Å². The Bertz CT molecular complexity index is 2140. The first-order valence-electron chi connectivity index (χ1n) is 20.5. The van der Waals surface area contributed by atoms with Crippen molar-refractivity contribution in [1.82, 2.24) is 0 Å². The molecule has 0 aromatic heterocycles. The highest BCUT2D eigenvalue weighted by Crippen LogP contribution is 2.55. The van der Waals surface area contributed by atoms with E-state index in [0.717, 1.165) is 0 Å². The summed E-state index contributed by atoms with van der Waals surface area (Å²) in [4.78, 5) is 2.43. The summed E-state index contributed by atoms with van der Waals surface area (Å²) in [6.07, 6.45) is 15.3. The first-order valence-corrected chi connectivity index (χ1v) is 20.5. The summed E-state index contributed by atoms with van der Waals surface area (Å²) in [6.45, 7) is 6.93. The monoisotopic (exact) mass is 693 g/mol. The van der Waals surface area contributed by atoms with Crippen LogP contribution < -0.4 is 4.90 Å². The van der Waals surface area contributed by atoms with Gasteiger partial charge in [-0.15, -0.1) is 0 Å². The molecule has 0 atom stereocenters. The lowest BCUT2D eigenvalue weighted by atomic mass is 9.70. The van der Waals surface area contributed by atoms with Crippen molar-refractivity contribution >= 4 is 17.1 Å². The van der Waals surface area contributed by atoms with Crippen LogP contribution in [0.4, 0.5) is 17.1 Å². The number of unbranched alkanes of at least 4 members (excludes halogenated alkanes) is 6. The van der Waals surface area contributed by atoms with Gasteiger partial charge in [0.25, 0.3) is 0 Å². The molecule has 6 aromatic carbocycles. The van der Waals surface area contributed by atoms with Crippen molar-refractivity contribution in [3.05, 3.63) is 161 Å². The van der Waals surface area contributed by atoms with Crippen molar-refractivity contribution in [3.63, 3.8) is 0 Å². The fraction of sp³-hybridized carbons (Fsp3) is 0.308. The minimum atomic E-state index is 0.0890. The SMILES string of the molecule is CCCCCCC1(CCCCCC)c2cc(C)ccc2-c2ccc(-c3ccc(N(c4ccc(-c5ccccc5)cc4)c4ccc5c(c4)CC5)cc3)cc21. The molecule has 0 bridgehead atoms. The summed E-state index contributed by atoms with van der Waals surface area (Å²) in [5.74, 6) is 0. The summed E-state index contributed by atoms with van der Waals surface area (Å²) >= 11 is 0. The molecule has 0 spiro atoms. The molecule has 0 heterocycles. The number of benzene rings is 6. The summed E-state index contributed by atoms with van der Waals surface area (Å²) in [5, 5.41) is 0. The average molecular weight is 694 g/mol. The van der Waals surface area contributed by atoms with Gasteiger partial charge in [0.15, 0.2) is 0 Å². The Balaban J connectivity index is 1.15. The molecule has 53 heavy (non-hydrogen) atoms. The number of fused-ring (bicyclic) bond motifs is 4. The molecular formula is C52H55N. The van der Waals surface area contributed by atoms with E-state index < -0.39 is 0 Å². The Morgan fingerprint density at radius 2 is 0.981 bits per heavy atom. The normalized spacial score (nSPS) is 13.6. The lowest BCUT2D eigenvalue weighted by molar-refractivity contribution is 0.401. The largest absolute Gasteiger partial charge is 0.310 e. The van der Waals surface area contributed by atoms with Gasteiger partial charge in [-0.05, 0) is 131 Å². The van der Waals surface area contributed by atoms with Gasteiger partial charge in [-0.25, -0.2) is 0 Å². The molecule has 0 N–H and O–H groups in total. The van der Waals surface area contributed by atoms with E-state index in [2.05, 4.69) is 159 Å². The number of aryl methyl sites for hydroxylation is 3. The van der Waals surface area contributed by atoms with Crippen LogP contribution in [0.1, 0.15) is 106 Å². The molecule has 6 aromatic rings. The quantitative estimate of drug-likeness (QED) is 0.0968. The van der Waals surface area contributed by atoms with Crippen molar-refractivity contribution in [2.24, 2.45) is 0 Å². The highest BCUT2D eigenvalue weighted by Gasteiger charge is 2.42. The van der Waals surface area contributed by atoms with Crippen LogP contribution >= 0.6 is 0 Å². The van der Waals surface area contributed by atoms with E-state index >= 15 is 0 Å². The molecule has 1 nitrogen and oxygen atoms in total. The van der Waals surface area contributed by atoms with E-state index in [-0.39, 0.29) is 5.41 Å². The van der Waals surface area contributed by atoms with E-state index in [1.165, 1.54) is 144 Å². The molecule has 0 fully saturated rings. The highest BCUT2D eigenvalue weighted by molar-refractivity contribution is 5.85. The van der Waals surface area contributed by atoms with Gasteiger partial charge in [-0.2, -0.15) is 0 Å². The molecule has 2 aliphatic rings. The molecule has 0 unspecified atom stereocenters. The summed E-state index contributed by atoms with van der Waals surface area (Å²) in [5.41, 5.74) is 19.2. The van der Waals surface area contributed by atoms with Crippen molar-refractivity contribution in [1.29, 1.82) is 0 Å². The number of anilines is 3. The van der Waals surface area contributed by atoms with Crippen molar-refractivity contribution < 1.29 is 0 Å². The molecule has 1 heteroatoms. The Labute approximate surface area is 318 Å². The molecule has 2 aliphatic carbocycles. The van der Waals surface area contributed by atoms with E-state index in [0.29, 0.717) is 0 Å². The van der Waals surface area contributed by atoms with Gasteiger partial charge in [0.1, 0.15) is 0 Å². The standard InChI is InChI=1S/C52H55N/c1-4-6-8-13-33-52(34-14-9-7-5-2)50-35-38(3)17-31-48(50)49-32-25-44(37-51(49)52)42-22-28-46(29-23-42)53(47-30-24-41-18-19-43(41)36-47)45-26-20-40(21-27-45)39-15-11-10-12-16-39/h10-12,15-17,20-32,35-37H,4-9,13-14,18-19,33-34H2,1-3H3. The molecule has 0 saturated carbocycles. The summed E-state index contributed by atoms with van der Waals surface area (Å²) in [7, 11) is 0. The smallest absolute Gasteiger partial charge is 0.0464 e. The lowest BCUT2D eigenvalue weighted by Crippen LogP contribution is -2.25. The molecule has 0 saturated heterocycles. The maximum Gasteiger partial charge on any atom is 0.0464 e. The first kappa shape index (κ1) is 35.2. The van der Waals surface area contributed by atoms with E-state index in [1.54, 1.807) is 11.1 Å². The minimum absolute atomic E-state index is 0.0890. The van der Waals surface area contributed by atoms with E-state index in [4.69, 9.17) is 0 Å². The average Bonchev–Trinajstić information content (AvgIpc) is 3.45. The van der Waals surface area contributed by atoms with Gasteiger partial charge >= 0.3 is 0 Å². The van der Waals surface area contributed by atoms with Gasteiger partial charge in [-0.3, -0.25) is 0 Å². The zero-order valence-electron chi connectivity index (χ0n) is 32.1. The predicted octanol–water partition coefficient (Wildman–Crippen LogP) is 15.1. The van der Waals surface area contributed by atoms with Crippen LogP contribution in [0.3, 0.4) is 0 Å². The van der Waals surface area contributed by atoms with Crippen LogP contribution in [0.15, 0.2) is 133 Å². The Kier molecular flexibility index (Phi) is 10.4. The zero-order valence-corrected chi connectivity index (χ0v) is 32.1.